The predicted molar refractivity (Wildman–Crippen MR) is 84.5 cm³/mol. The Balaban J connectivity index is 1.61. The summed E-state index contributed by atoms with van der Waals surface area (Å²) in [6.07, 6.45) is 8.55. The Kier molecular flexibility index (Phi) is 4.39. The van der Waals surface area contributed by atoms with E-state index in [4.69, 9.17) is 11.6 Å². The van der Waals surface area contributed by atoms with Crippen LogP contribution in [0.1, 0.15) is 44.9 Å². The number of carbonyl (C=O) groups is 1. The first-order valence-electron chi connectivity index (χ1n) is 7.93. The first-order chi connectivity index (χ1) is 10.1. The Morgan fingerprint density at radius 1 is 1.14 bits per heavy atom. The summed E-state index contributed by atoms with van der Waals surface area (Å²) in [7, 11) is 0. The molecule has 3 nitrogen and oxygen atoms in total. The lowest BCUT2D eigenvalue weighted by Crippen LogP contribution is -2.33. The standard InChI is InChI=1S/C17H22ClNO2/c18-15-10-14(7-8-16(15)20)19-17(21)13-6-5-11-3-1-2-4-12(11)9-13/h7-8,10-13,20H,1-6,9H2,(H,19,21). The molecule has 0 radical (unpaired) electrons. The van der Waals surface area contributed by atoms with Crippen LogP contribution in [0, 0.1) is 17.8 Å². The summed E-state index contributed by atoms with van der Waals surface area (Å²) in [6.45, 7) is 0. The van der Waals surface area contributed by atoms with Gasteiger partial charge in [0.1, 0.15) is 5.75 Å². The largest absolute Gasteiger partial charge is 0.506 e. The molecule has 0 bridgehead atoms. The van der Waals surface area contributed by atoms with Crippen LogP contribution in [0.15, 0.2) is 18.2 Å². The van der Waals surface area contributed by atoms with Crippen molar-refractivity contribution in [3.63, 3.8) is 0 Å². The normalized spacial score (nSPS) is 28.7. The highest BCUT2D eigenvalue weighted by Gasteiger charge is 2.34. The number of amides is 1. The van der Waals surface area contributed by atoms with E-state index in [1.807, 2.05) is 0 Å². The molecule has 2 saturated carbocycles. The maximum absolute atomic E-state index is 12.4. The second kappa shape index (κ2) is 6.27. The van der Waals surface area contributed by atoms with E-state index in [0.717, 1.165) is 24.7 Å². The van der Waals surface area contributed by atoms with Crippen LogP contribution in [0.5, 0.6) is 5.75 Å². The number of phenolic OH excluding ortho intramolecular Hbond substituents is 1. The van der Waals surface area contributed by atoms with Gasteiger partial charge in [-0.15, -0.1) is 0 Å². The van der Waals surface area contributed by atoms with Gasteiger partial charge in [0.15, 0.2) is 0 Å². The zero-order chi connectivity index (χ0) is 14.8. The van der Waals surface area contributed by atoms with Crippen LogP contribution in [0.4, 0.5) is 5.69 Å². The molecule has 1 aromatic rings. The van der Waals surface area contributed by atoms with Gasteiger partial charge in [0, 0.05) is 11.6 Å². The van der Waals surface area contributed by atoms with Gasteiger partial charge in [-0.05, 0) is 49.3 Å². The highest BCUT2D eigenvalue weighted by atomic mass is 35.5. The van der Waals surface area contributed by atoms with Crippen molar-refractivity contribution in [1.29, 1.82) is 0 Å². The maximum atomic E-state index is 12.4. The monoisotopic (exact) mass is 307 g/mol. The fraction of sp³-hybridized carbons (Fsp3) is 0.588. The first kappa shape index (κ1) is 14.7. The van der Waals surface area contributed by atoms with Crippen molar-refractivity contribution in [2.24, 2.45) is 17.8 Å². The summed E-state index contributed by atoms with van der Waals surface area (Å²) >= 11 is 5.87. The smallest absolute Gasteiger partial charge is 0.227 e. The molecule has 4 heteroatoms. The van der Waals surface area contributed by atoms with Crippen molar-refractivity contribution in [3.8, 4) is 5.75 Å². The predicted octanol–water partition coefficient (Wildman–Crippen LogP) is 4.59. The molecule has 114 valence electrons. The quantitative estimate of drug-likeness (QED) is 0.785. The van der Waals surface area contributed by atoms with E-state index in [-0.39, 0.29) is 22.6 Å². The minimum absolute atomic E-state index is 0.0392. The van der Waals surface area contributed by atoms with Crippen molar-refractivity contribution in [2.75, 3.05) is 5.32 Å². The number of phenols is 1. The molecule has 2 N–H and O–H groups in total. The topological polar surface area (TPSA) is 49.3 Å². The van der Waals surface area contributed by atoms with E-state index in [2.05, 4.69) is 5.32 Å². The van der Waals surface area contributed by atoms with E-state index in [1.54, 1.807) is 12.1 Å². The molecule has 1 amide bonds. The van der Waals surface area contributed by atoms with Crippen LogP contribution < -0.4 is 5.32 Å². The minimum atomic E-state index is 0.0392. The molecule has 3 unspecified atom stereocenters. The van der Waals surface area contributed by atoms with Crippen molar-refractivity contribution in [2.45, 2.75) is 44.9 Å². The molecule has 2 aliphatic carbocycles. The zero-order valence-electron chi connectivity index (χ0n) is 12.1. The Labute approximate surface area is 130 Å². The zero-order valence-corrected chi connectivity index (χ0v) is 12.9. The van der Waals surface area contributed by atoms with Gasteiger partial charge < -0.3 is 10.4 Å². The summed E-state index contributed by atoms with van der Waals surface area (Å²) < 4.78 is 0. The van der Waals surface area contributed by atoms with E-state index in [0.29, 0.717) is 5.69 Å². The fourth-order valence-electron chi connectivity index (χ4n) is 3.94. The second-order valence-electron chi connectivity index (χ2n) is 6.47. The summed E-state index contributed by atoms with van der Waals surface area (Å²) in [5, 5.41) is 12.6. The van der Waals surface area contributed by atoms with Crippen LogP contribution in [-0.4, -0.2) is 11.0 Å². The Morgan fingerprint density at radius 2 is 1.90 bits per heavy atom. The SMILES string of the molecule is O=C(Nc1ccc(O)c(Cl)c1)C1CCC2CCCCC2C1. The lowest BCUT2D eigenvalue weighted by molar-refractivity contribution is -0.122. The number of aromatic hydroxyl groups is 1. The number of nitrogens with one attached hydrogen (secondary N) is 1. The highest BCUT2D eigenvalue weighted by molar-refractivity contribution is 6.32. The van der Waals surface area contributed by atoms with Gasteiger partial charge in [-0.3, -0.25) is 4.79 Å². The number of hydrogen-bond donors (Lipinski definition) is 2. The summed E-state index contributed by atoms with van der Waals surface area (Å²) in [6, 6.07) is 4.79. The van der Waals surface area contributed by atoms with Crippen molar-refractivity contribution >= 4 is 23.2 Å². The summed E-state index contributed by atoms with van der Waals surface area (Å²) in [5.74, 6) is 1.85. The molecule has 0 spiro atoms. The van der Waals surface area contributed by atoms with Gasteiger partial charge in [0.05, 0.1) is 5.02 Å². The first-order valence-corrected chi connectivity index (χ1v) is 8.30. The number of rotatable bonds is 2. The van der Waals surface area contributed by atoms with Gasteiger partial charge in [0.25, 0.3) is 0 Å². The molecule has 0 saturated heterocycles. The van der Waals surface area contributed by atoms with Gasteiger partial charge in [0.2, 0.25) is 5.91 Å². The second-order valence-corrected chi connectivity index (χ2v) is 6.88. The fourth-order valence-corrected chi connectivity index (χ4v) is 4.12. The molecule has 0 aliphatic heterocycles. The van der Waals surface area contributed by atoms with Crippen LogP contribution in [-0.2, 0) is 4.79 Å². The molecule has 0 aromatic heterocycles. The molecule has 3 rings (SSSR count). The lowest BCUT2D eigenvalue weighted by atomic mass is 9.67. The molecule has 3 atom stereocenters. The number of halogens is 1. The van der Waals surface area contributed by atoms with Gasteiger partial charge in [-0.25, -0.2) is 0 Å². The maximum Gasteiger partial charge on any atom is 0.227 e. The third-order valence-electron chi connectivity index (χ3n) is 5.13. The molecule has 21 heavy (non-hydrogen) atoms. The third kappa shape index (κ3) is 3.34. The number of hydrogen-bond acceptors (Lipinski definition) is 2. The lowest BCUT2D eigenvalue weighted by Gasteiger charge is -2.38. The van der Waals surface area contributed by atoms with Gasteiger partial charge in [-0.1, -0.05) is 37.3 Å². The number of fused-ring (bicyclic) bond motifs is 1. The molecule has 2 fully saturated rings. The van der Waals surface area contributed by atoms with Gasteiger partial charge in [-0.2, -0.15) is 0 Å². The van der Waals surface area contributed by atoms with Crippen LogP contribution in [0.3, 0.4) is 0 Å². The third-order valence-corrected chi connectivity index (χ3v) is 5.43. The molecule has 1 aromatic carbocycles. The van der Waals surface area contributed by atoms with E-state index < -0.39 is 0 Å². The molecule has 2 aliphatic rings. The van der Waals surface area contributed by atoms with Crippen molar-refractivity contribution in [1.82, 2.24) is 0 Å². The average molecular weight is 308 g/mol. The minimum Gasteiger partial charge on any atom is -0.506 e. The molecular weight excluding hydrogens is 286 g/mol. The Morgan fingerprint density at radius 3 is 2.67 bits per heavy atom. The van der Waals surface area contributed by atoms with E-state index in [1.165, 1.54) is 38.2 Å². The van der Waals surface area contributed by atoms with E-state index >= 15 is 0 Å². The molecule has 0 heterocycles. The molecular formula is C17H22ClNO2. The van der Waals surface area contributed by atoms with Crippen molar-refractivity contribution < 1.29 is 9.90 Å². The van der Waals surface area contributed by atoms with Gasteiger partial charge >= 0.3 is 0 Å². The number of anilines is 1. The Bertz CT molecular complexity index is 532. The van der Waals surface area contributed by atoms with E-state index in [9.17, 15) is 9.90 Å². The summed E-state index contributed by atoms with van der Waals surface area (Å²) in [5.41, 5.74) is 0.661. The Hall–Kier alpha value is -1.22. The van der Waals surface area contributed by atoms with Crippen LogP contribution >= 0.6 is 11.6 Å². The van der Waals surface area contributed by atoms with Crippen molar-refractivity contribution in [3.05, 3.63) is 23.2 Å². The van der Waals surface area contributed by atoms with Crippen LogP contribution in [0.25, 0.3) is 0 Å². The summed E-state index contributed by atoms with van der Waals surface area (Å²) in [4.78, 5) is 12.4. The highest BCUT2D eigenvalue weighted by Crippen LogP contribution is 2.43. The number of benzene rings is 1. The average Bonchev–Trinajstić information content (AvgIpc) is 2.50. The number of carbonyl (C=O) groups excluding carboxylic acids is 1. The van der Waals surface area contributed by atoms with Crippen LogP contribution in [0.2, 0.25) is 5.02 Å².